The minimum atomic E-state index is -0.352. The van der Waals surface area contributed by atoms with Crippen LogP contribution in [0.5, 0.6) is 5.75 Å². The molecule has 17 heavy (non-hydrogen) atoms. The predicted molar refractivity (Wildman–Crippen MR) is 65.0 cm³/mol. The second-order valence-electron chi connectivity index (χ2n) is 3.86. The zero-order valence-electron chi connectivity index (χ0n) is 9.87. The van der Waals surface area contributed by atoms with Crippen molar-refractivity contribution in [2.24, 2.45) is 0 Å². The number of ether oxygens (including phenoxy) is 1. The Kier molecular flexibility index (Phi) is 3.13. The molecular weight excluding hydrogens is 221 g/mol. The highest BCUT2D eigenvalue weighted by Gasteiger charge is 2.09. The highest BCUT2D eigenvalue weighted by Crippen LogP contribution is 2.24. The number of methoxy groups -OCH3 is 1. The van der Waals surface area contributed by atoms with Crippen LogP contribution in [-0.2, 0) is 6.54 Å². The summed E-state index contributed by atoms with van der Waals surface area (Å²) in [6.45, 7) is 2.55. The fourth-order valence-electron chi connectivity index (χ4n) is 1.95. The van der Waals surface area contributed by atoms with Gasteiger partial charge in [0.1, 0.15) is 11.6 Å². The molecule has 2 rings (SSSR count). The summed E-state index contributed by atoms with van der Waals surface area (Å²) in [7, 11) is 1.50. The Balaban J connectivity index is 2.84. The van der Waals surface area contributed by atoms with Crippen molar-refractivity contribution in [1.29, 1.82) is 0 Å². The van der Waals surface area contributed by atoms with Crippen LogP contribution < -0.4 is 10.3 Å². The Morgan fingerprint density at radius 1 is 1.35 bits per heavy atom. The van der Waals surface area contributed by atoms with E-state index in [1.807, 2.05) is 6.92 Å². The molecule has 0 amide bonds. The molecular formula is C13H14FNO2. The number of aromatic nitrogens is 1. The number of halogens is 1. The van der Waals surface area contributed by atoms with E-state index in [1.165, 1.54) is 25.3 Å². The van der Waals surface area contributed by atoms with Crippen molar-refractivity contribution in [2.45, 2.75) is 19.9 Å². The Bertz CT molecular complexity index is 604. The maximum absolute atomic E-state index is 13.3. The van der Waals surface area contributed by atoms with E-state index in [9.17, 15) is 9.18 Å². The van der Waals surface area contributed by atoms with E-state index in [-0.39, 0.29) is 11.4 Å². The van der Waals surface area contributed by atoms with Crippen LogP contribution in [0.3, 0.4) is 0 Å². The van der Waals surface area contributed by atoms with Crippen molar-refractivity contribution in [3.05, 3.63) is 40.4 Å². The quantitative estimate of drug-likeness (QED) is 0.818. The fraction of sp³-hybridized carbons (Fsp3) is 0.308. The van der Waals surface area contributed by atoms with Gasteiger partial charge in [0.05, 0.1) is 12.6 Å². The molecule has 0 saturated carbocycles. The van der Waals surface area contributed by atoms with Crippen LogP contribution in [0.1, 0.15) is 13.3 Å². The summed E-state index contributed by atoms with van der Waals surface area (Å²) in [6.07, 6.45) is 0.817. The molecule has 0 fully saturated rings. The molecule has 0 aliphatic heterocycles. The molecule has 0 atom stereocenters. The third-order valence-electron chi connectivity index (χ3n) is 2.70. The molecule has 0 bridgehead atoms. The lowest BCUT2D eigenvalue weighted by molar-refractivity contribution is 0.418. The molecule has 0 aliphatic rings. The standard InChI is InChI=1S/C13H14FNO2/c1-3-6-15-11-7-9(14)4-5-10(11)12(17-2)8-13(15)16/h4-5,7-8H,3,6H2,1-2H3. The van der Waals surface area contributed by atoms with Gasteiger partial charge in [-0.15, -0.1) is 0 Å². The summed E-state index contributed by atoms with van der Waals surface area (Å²) in [5.74, 6) is 0.132. The smallest absolute Gasteiger partial charge is 0.254 e. The molecule has 0 N–H and O–H groups in total. The number of nitrogens with zero attached hydrogens (tertiary/aromatic N) is 1. The van der Waals surface area contributed by atoms with Crippen LogP contribution in [0.25, 0.3) is 10.9 Å². The van der Waals surface area contributed by atoms with E-state index in [2.05, 4.69) is 0 Å². The fourth-order valence-corrected chi connectivity index (χ4v) is 1.95. The Morgan fingerprint density at radius 2 is 2.12 bits per heavy atom. The van der Waals surface area contributed by atoms with Crippen molar-refractivity contribution in [1.82, 2.24) is 4.57 Å². The first kappa shape index (κ1) is 11.6. The van der Waals surface area contributed by atoms with Crippen LogP contribution in [0, 0.1) is 5.82 Å². The van der Waals surface area contributed by atoms with Gasteiger partial charge < -0.3 is 9.30 Å². The lowest BCUT2D eigenvalue weighted by Gasteiger charge is -2.12. The van der Waals surface area contributed by atoms with Crippen LogP contribution in [0.15, 0.2) is 29.1 Å². The van der Waals surface area contributed by atoms with Gasteiger partial charge in [-0.05, 0) is 24.6 Å². The van der Waals surface area contributed by atoms with Gasteiger partial charge in [-0.2, -0.15) is 0 Å². The molecule has 90 valence electrons. The van der Waals surface area contributed by atoms with Crippen LogP contribution in [-0.4, -0.2) is 11.7 Å². The number of hydrogen-bond acceptors (Lipinski definition) is 2. The zero-order valence-corrected chi connectivity index (χ0v) is 9.87. The monoisotopic (exact) mass is 235 g/mol. The average Bonchev–Trinajstić information content (AvgIpc) is 2.32. The second kappa shape index (κ2) is 4.57. The Hall–Kier alpha value is -1.84. The lowest BCUT2D eigenvalue weighted by Crippen LogP contribution is -2.20. The largest absolute Gasteiger partial charge is 0.496 e. The van der Waals surface area contributed by atoms with Gasteiger partial charge in [-0.25, -0.2) is 4.39 Å². The summed E-state index contributed by atoms with van der Waals surface area (Å²) in [6, 6.07) is 5.81. The zero-order chi connectivity index (χ0) is 12.4. The maximum Gasteiger partial charge on any atom is 0.254 e. The molecule has 2 aromatic rings. The molecule has 0 saturated heterocycles. The van der Waals surface area contributed by atoms with Gasteiger partial charge >= 0.3 is 0 Å². The van der Waals surface area contributed by atoms with E-state index in [4.69, 9.17) is 4.74 Å². The van der Waals surface area contributed by atoms with Crippen molar-refractivity contribution < 1.29 is 9.13 Å². The molecule has 0 radical (unpaired) electrons. The summed E-state index contributed by atoms with van der Waals surface area (Å²) >= 11 is 0. The number of benzene rings is 1. The van der Waals surface area contributed by atoms with Crippen molar-refractivity contribution >= 4 is 10.9 Å². The summed E-state index contributed by atoms with van der Waals surface area (Å²) in [5, 5.41) is 0.752. The summed E-state index contributed by atoms with van der Waals surface area (Å²) in [4.78, 5) is 11.9. The number of hydrogen-bond donors (Lipinski definition) is 0. The molecule has 4 heteroatoms. The van der Waals surface area contributed by atoms with Crippen LogP contribution in [0.2, 0.25) is 0 Å². The average molecular weight is 235 g/mol. The molecule has 0 spiro atoms. The third-order valence-corrected chi connectivity index (χ3v) is 2.70. The number of rotatable bonds is 3. The van der Waals surface area contributed by atoms with E-state index in [0.717, 1.165) is 11.8 Å². The minimum absolute atomic E-state index is 0.165. The Labute approximate surface area is 98.4 Å². The molecule has 3 nitrogen and oxygen atoms in total. The SMILES string of the molecule is CCCn1c(=O)cc(OC)c2ccc(F)cc21. The van der Waals surface area contributed by atoms with E-state index >= 15 is 0 Å². The van der Waals surface area contributed by atoms with Crippen molar-refractivity contribution in [2.75, 3.05) is 7.11 Å². The topological polar surface area (TPSA) is 31.2 Å². The Morgan fingerprint density at radius 3 is 2.76 bits per heavy atom. The molecule has 1 aromatic carbocycles. The van der Waals surface area contributed by atoms with Crippen LogP contribution >= 0.6 is 0 Å². The van der Waals surface area contributed by atoms with Gasteiger partial charge in [0.25, 0.3) is 5.56 Å². The normalized spacial score (nSPS) is 10.8. The molecule has 0 aliphatic carbocycles. The summed E-state index contributed by atoms with van der Waals surface area (Å²) in [5.41, 5.74) is 0.415. The van der Waals surface area contributed by atoms with Crippen molar-refractivity contribution in [3.8, 4) is 5.75 Å². The third kappa shape index (κ3) is 2.02. The van der Waals surface area contributed by atoms with E-state index in [0.29, 0.717) is 17.8 Å². The molecule has 1 heterocycles. The second-order valence-corrected chi connectivity index (χ2v) is 3.86. The maximum atomic E-state index is 13.3. The van der Waals surface area contributed by atoms with E-state index in [1.54, 1.807) is 10.6 Å². The summed E-state index contributed by atoms with van der Waals surface area (Å²) < 4.78 is 20.0. The first-order valence-corrected chi connectivity index (χ1v) is 5.54. The number of pyridine rings is 1. The number of aryl methyl sites for hydroxylation is 1. The highest BCUT2D eigenvalue weighted by atomic mass is 19.1. The van der Waals surface area contributed by atoms with Crippen LogP contribution in [0.4, 0.5) is 4.39 Å². The number of fused-ring (bicyclic) bond motifs is 1. The first-order valence-electron chi connectivity index (χ1n) is 5.54. The predicted octanol–water partition coefficient (Wildman–Crippen LogP) is 2.56. The van der Waals surface area contributed by atoms with Gasteiger partial charge in [-0.3, -0.25) is 4.79 Å². The highest BCUT2D eigenvalue weighted by molar-refractivity contribution is 5.85. The lowest BCUT2D eigenvalue weighted by atomic mass is 10.2. The van der Waals surface area contributed by atoms with Gasteiger partial charge in [-0.1, -0.05) is 6.92 Å². The van der Waals surface area contributed by atoms with Gasteiger partial charge in [0, 0.05) is 18.0 Å². The first-order chi connectivity index (χ1) is 8.17. The van der Waals surface area contributed by atoms with E-state index < -0.39 is 0 Å². The minimum Gasteiger partial charge on any atom is -0.496 e. The molecule has 0 unspecified atom stereocenters. The van der Waals surface area contributed by atoms with Crippen molar-refractivity contribution in [3.63, 3.8) is 0 Å². The van der Waals surface area contributed by atoms with Gasteiger partial charge in [0.2, 0.25) is 0 Å². The van der Waals surface area contributed by atoms with Gasteiger partial charge in [0.15, 0.2) is 0 Å². The molecule has 1 aromatic heterocycles.